The molecule has 1 aromatic heterocycles. The standard InChI is InChI=1S/C15H21N3O/c1-5-15(4,19)9-13-10-18(17-16-13)14-11(2)7-6-8-12(14)3/h6-8,10,19H,5,9H2,1-4H3. The average molecular weight is 259 g/mol. The number of nitrogens with zero attached hydrogens (tertiary/aromatic N) is 3. The molecule has 1 aromatic carbocycles. The Kier molecular flexibility index (Phi) is 3.71. The Bertz CT molecular complexity index is 552. The number of aryl methyl sites for hydroxylation is 2. The van der Waals surface area contributed by atoms with Crippen LogP contribution < -0.4 is 0 Å². The van der Waals surface area contributed by atoms with Crippen molar-refractivity contribution in [3.8, 4) is 5.69 Å². The predicted octanol–water partition coefficient (Wildman–Crippen LogP) is 2.59. The zero-order valence-electron chi connectivity index (χ0n) is 12.0. The zero-order valence-corrected chi connectivity index (χ0v) is 12.0. The van der Waals surface area contributed by atoms with E-state index >= 15 is 0 Å². The summed E-state index contributed by atoms with van der Waals surface area (Å²) in [6, 6.07) is 6.16. The van der Waals surface area contributed by atoms with Crippen molar-refractivity contribution in [1.29, 1.82) is 0 Å². The summed E-state index contributed by atoms with van der Waals surface area (Å²) in [5.41, 5.74) is 3.49. The molecule has 0 saturated carbocycles. The molecule has 2 aromatic rings. The summed E-state index contributed by atoms with van der Waals surface area (Å²) in [5, 5.41) is 18.4. The fraction of sp³-hybridized carbons (Fsp3) is 0.467. The number of hydrogen-bond acceptors (Lipinski definition) is 3. The van der Waals surface area contributed by atoms with Crippen LogP contribution in [0.2, 0.25) is 0 Å². The van der Waals surface area contributed by atoms with Crippen molar-refractivity contribution in [2.45, 2.75) is 46.1 Å². The van der Waals surface area contributed by atoms with Crippen LogP contribution in [0.3, 0.4) is 0 Å². The van der Waals surface area contributed by atoms with E-state index in [1.165, 1.54) is 11.1 Å². The minimum Gasteiger partial charge on any atom is -0.390 e. The van der Waals surface area contributed by atoms with E-state index in [-0.39, 0.29) is 0 Å². The van der Waals surface area contributed by atoms with Crippen LogP contribution in [0.4, 0.5) is 0 Å². The molecule has 0 aliphatic heterocycles. The Morgan fingerprint density at radius 2 is 1.89 bits per heavy atom. The topological polar surface area (TPSA) is 50.9 Å². The van der Waals surface area contributed by atoms with E-state index in [9.17, 15) is 5.11 Å². The highest BCUT2D eigenvalue weighted by Gasteiger charge is 2.20. The van der Waals surface area contributed by atoms with Gasteiger partial charge in [0.05, 0.1) is 23.2 Å². The van der Waals surface area contributed by atoms with Crippen molar-refractivity contribution in [1.82, 2.24) is 15.0 Å². The summed E-state index contributed by atoms with van der Waals surface area (Å²) in [7, 11) is 0. The van der Waals surface area contributed by atoms with Crippen LogP contribution in [-0.2, 0) is 6.42 Å². The van der Waals surface area contributed by atoms with Crippen LogP contribution in [0.1, 0.15) is 37.1 Å². The summed E-state index contributed by atoms with van der Waals surface area (Å²) in [6.07, 6.45) is 3.12. The molecule has 0 bridgehead atoms. The summed E-state index contributed by atoms with van der Waals surface area (Å²) < 4.78 is 1.80. The molecule has 1 heterocycles. The van der Waals surface area contributed by atoms with Gasteiger partial charge < -0.3 is 5.11 Å². The van der Waals surface area contributed by atoms with Gasteiger partial charge in [0, 0.05) is 6.42 Å². The summed E-state index contributed by atoms with van der Waals surface area (Å²) >= 11 is 0. The number of para-hydroxylation sites is 1. The molecule has 0 aliphatic carbocycles. The third-order valence-electron chi connectivity index (χ3n) is 3.53. The van der Waals surface area contributed by atoms with Crippen molar-refractivity contribution in [3.63, 3.8) is 0 Å². The molecule has 0 radical (unpaired) electrons. The molecular formula is C15H21N3O. The van der Waals surface area contributed by atoms with Crippen molar-refractivity contribution in [2.24, 2.45) is 0 Å². The van der Waals surface area contributed by atoms with E-state index in [1.54, 1.807) is 4.68 Å². The molecule has 4 heteroatoms. The second-order valence-corrected chi connectivity index (χ2v) is 5.42. The molecule has 0 amide bonds. The van der Waals surface area contributed by atoms with Crippen LogP contribution in [0.15, 0.2) is 24.4 Å². The van der Waals surface area contributed by atoms with Gasteiger partial charge in [0.25, 0.3) is 0 Å². The van der Waals surface area contributed by atoms with Crippen molar-refractivity contribution >= 4 is 0 Å². The number of aliphatic hydroxyl groups is 1. The fourth-order valence-corrected chi connectivity index (χ4v) is 2.17. The third kappa shape index (κ3) is 3.01. The minimum atomic E-state index is -0.721. The van der Waals surface area contributed by atoms with E-state index in [1.807, 2.05) is 26.1 Å². The molecule has 4 nitrogen and oxygen atoms in total. The van der Waals surface area contributed by atoms with E-state index in [0.717, 1.165) is 11.4 Å². The highest BCUT2D eigenvalue weighted by atomic mass is 16.3. The largest absolute Gasteiger partial charge is 0.390 e. The van der Waals surface area contributed by atoms with Crippen molar-refractivity contribution in [2.75, 3.05) is 0 Å². The quantitative estimate of drug-likeness (QED) is 0.918. The van der Waals surface area contributed by atoms with Crippen LogP contribution in [-0.4, -0.2) is 25.7 Å². The molecule has 1 atom stereocenters. The Balaban J connectivity index is 2.31. The third-order valence-corrected chi connectivity index (χ3v) is 3.53. The maximum atomic E-state index is 10.1. The van der Waals surface area contributed by atoms with E-state index in [2.05, 4.69) is 36.3 Å². The average Bonchev–Trinajstić information content (AvgIpc) is 2.76. The Morgan fingerprint density at radius 3 is 2.47 bits per heavy atom. The molecule has 0 fully saturated rings. The first-order chi connectivity index (χ1) is 8.93. The highest BCUT2D eigenvalue weighted by Crippen LogP contribution is 2.19. The molecule has 102 valence electrons. The Morgan fingerprint density at radius 1 is 1.26 bits per heavy atom. The summed E-state index contributed by atoms with van der Waals surface area (Å²) in [6.45, 7) is 7.92. The SMILES string of the molecule is CCC(C)(O)Cc1cn(-c2c(C)cccc2C)nn1. The first kappa shape index (κ1) is 13.7. The molecule has 19 heavy (non-hydrogen) atoms. The van der Waals surface area contributed by atoms with Crippen molar-refractivity contribution in [3.05, 3.63) is 41.2 Å². The Labute approximate surface area is 114 Å². The first-order valence-corrected chi connectivity index (χ1v) is 6.63. The molecule has 0 saturated heterocycles. The van der Waals surface area contributed by atoms with E-state index in [4.69, 9.17) is 0 Å². The van der Waals surface area contributed by atoms with Crippen LogP contribution in [0.25, 0.3) is 5.69 Å². The second-order valence-electron chi connectivity index (χ2n) is 5.42. The number of hydrogen-bond donors (Lipinski definition) is 1. The lowest BCUT2D eigenvalue weighted by atomic mass is 9.98. The van der Waals surface area contributed by atoms with Gasteiger partial charge in [0.15, 0.2) is 0 Å². The molecule has 2 rings (SSSR count). The minimum absolute atomic E-state index is 0.522. The fourth-order valence-electron chi connectivity index (χ4n) is 2.17. The number of aromatic nitrogens is 3. The molecule has 0 spiro atoms. The summed E-state index contributed by atoms with van der Waals surface area (Å²) in [5.74, 6) is 0. The zero-order chi connectivity index (χ0) is 14.0. The van der Waals surface area contributed by atoms with Gasteiger partial charge in [-0.1, -0.05) is 30.3 Å². The number of rotatable bonds is 4. The smallest absolute Gasteiger partial charge is 0.0860 e. The van der Waals surface area contributed by atoms with Gasteiger partial charge in [-0.3, -0.25) is 0 Å². The molecule has 0 aliphatic rings. The van der Waals surface area contributed by atoms with Crippen LogP contribution >= 0.6 is 0 Å². The Hall–Kier alpha value is -1.68. The van der Waals surface area contributed by atoms with Gasteiger partial charge in [-0.25, -0.2) is 4.68 Å². The van der Waals surface area contributed by atoms with Crippen LogP contribution in [0.5, 0.6) is 0 Å². The second kappa shape index (κ2) is 5.13. The van der Waals surface area contributed by atoms with E-state index in [0.29, 0.717) is 12.8 Å². The lowest BCUT2D eigenvalue weighted by Crippen LogP contribution is -2.25. The molecule has 1 unspecified atom stereocenters. The highest BCUT2D eigenvalue weighted by molar-refractivity contribution is 5.46. The lowest BCUT2D eigenvalue weighted by molar-refractivity contribution is 0.0554. The van der Waals surface area contributed by atoms with Gasteiger partial charge in [0.2, 0.25) is 0 Å². The van der Waals surface area contributed by atoms with Gasteiger partial charge in [-0.2, -0.15) is 0 Å². The van der Waals surface area contributed by atoms with Gasteiger partial charge in [-0.15, -0.1) is 5.10 Å². The maximum Gasteiger partial charge on any atom is 0.0860 e. The normalized spacial score (nSPS) is 14.4. The maximum absolute atomic E-state index is 10.1. The lowest BCUT2D eigenvalue weighted by Gasteiger charge is -2.19. The van der Waals surface area contributed by atoms with Crippen LogP contribution in [0, 0.1) is 13.8 Å². The van der Waals surface area contributed by atoms with E-state index < -0.39 is 5.60 Å². The van der Waals surface area contributed by atoms with Gasteiger partial charge >= 0.3 is 0 Å². The van der Waals surface area contributed by atoms with Gasteiger partial charge in [0.1, 0.15) is 0 Å². The predicted molar refractivity (Wildman–Crippen MR) is 75.5 cm³/mol. The number of benzene rings is 1. The molecule has 1 N–H and O–H groups in total. The van der Waals surface area contributed by atoms with Gasteiger partial charge in [-0.05, 0) is 38.3 Å². The summed E-state index contributed by atoms with van der Waals surface area (Å²) in [4.78, 5) is 0. The first-order valence-electron chi connectivity index (χ1n) is 6.63. The monoisotopic (exact) mass is 259 g/mol. The molecular weight excluding hydrogens is 238 g/mol. The van der Waals surface area contributed by atoms with Crippen molar-refractivity contribution < 1.29 is 5.11 Å².